The summed E-state index contributed by atoms with van der Waals surface area (Å²) in [6.45, 7) is -0.0608. The second-order valence-corrected chi connectivity index (χ2v) is 5.00. The van der Waals surface area contributed by atoms with E-state index in [1.54, 1.807) is 23.6 Å². The summed E-state index contributed by atoms with van der Waals surface area (Å²) in [5.74, 6) is 0. The molecule has 0 amide bonds. The molecule has 86 valence electrons. The van der Waals surface area contributed by atoms with Crippen molar-refractivity contribution in [3.63, 3.8) is 0 Å². The maximum Gasteiger partial charge on any atom is 0.137 e. The molecule has 0 unspecified atom stereocenters. The molecule has 0 aliphatic heterocycles. The molecule has 5 heteroatoms. The molecular weight excluding hydrogens is 256 g/mol. The maximum absolute atomic E-state index is 9.50. The Kier molecular flexibility index (Phi) is 2.63. The summed E-state index contributed by atoms with van der Waals surface area (Å²) in [4.78, 5) is 5.57. The molecule has 0 aliphatic carbocycles. The molecule has 0 aliphatic rings. The van der Waals surface area contributed by atoms with Crippen molar-refractivity contribution in [2.45, 2.75) is 6.61 Å². The molecule has 0 bridgehead atoms. The van der Waals surface area contributed by atoms with Gasteiger partial charge in [0.15, 0.2) is 0 Å². The van der Waals surface area contributed by atoms with E-state index in [0.29, 0.717) is 5.02 Å². The average molecular weight is 265 g/mol. The van der Waals surface area contributed by atoms with Crippen LogP contribution in [0.3, 0.4) is 0 Å². The quantitative estimate of drug-likeness (QED) is 0.772. The van der Waals surface area contributed by atoms with Crippen molar-refractivity contribution in [1.82, 2.24) is 9.38 Å². The Morgan fingerprint density at radius 3 is 2.94 bits per heavy atom. The van der Waals surface area contributed by atoms with Gasteiger partial charge in [0.2, 0.25) is 0 Å². The lowest BCUT2D eigenvalue weighted by Crippen LogP contribution is -1.93. The van der Waals surface area contributed by atoms with E-state index >= 15 is 0 Å². The number of halogens is 1. The number of fused-ring (bicyclic) bond motifs is 1. The summed E-state index contributed by atoms with van der Waals surface area (Å²) < 4.78 is 1.83. The Labute approximate surface area is 107 Å². The summed E-state index contributed by atoms with van der Waals surface area (Å²) in [7, 11) is 0. The van der Waals surface area contributed by atoms with E-state index in [-0.39, 0.29) is 6.61 Å². The second kappa shape index (κ2) is 4.14. The lowest BCUT2D eigenvalue weighted by atomic mass is 10.3. The number of thiophene rings is 1. The van der Waals surface area contributed by atoms with Gasteiger partial charge < -0.3 is 5.11 Å². The van der Waals surface area contributed by atoms with Crippen molar-refractivity contribution in [3.05, 3.63) is 46.6 Å². The van der Waals surface area contributed by atoms with Gasteiger partial charge in [-0.15, -0.1) is 11.3 Å². The molecule has 0 spiro atoms. The molecule has 3 aromatic rings. The molecule has 0 saturated carbocycles. The van der Waals surface area contributed by atoms with E-state index in [0.717, 1.165) is 21.9 Å². The van der Waals surface area contributed by atoms with Gasteiger partial charge >= 0.3 is 0 Å². The first-order valence-electron chi connectivity index (χ1n) is 5.11. The molecular formula is C12H9ClN2OS. The van der Waals surface area contributed by atoms with E-state index in [1.165, 1.54) is 0 Å². The summed E-state index contributed by atoms with van der Waals surface area (Å²) in [5, 5.41) is 12.1. The van der Waals surface area contributed by atoms with E-state index in [1.807, 2.05) is 28.0 Å². The molecule has 0 saturated heterocycles. The normalized spacial score (nSPS) is 11.2. The molecule has 3 heterocycles. The maximum atomic E-state index is 9.50. The molecule has 3 aromatic heterocycles. The third kappa shape index (κ3) is 1.74. The Bertz CT molecular complexity index is 661. The van der Waals surface area contributed by atoms with Crippen molar-refractivity contribution in [3.8, 4) is 10.6 Å². The fourth-order valence-corrected chi connectivity index (χ4v) is 2.73. The molecule has 0 fully saturated rings. The van der Waals surface area contributed by atoms with Crippen LogP contribution in [0.15, 0.2) is 35.8 Å². The van der Waals surface area contributed by atoms with Gasteiger partial charge in [-0.2, -0.15) is 0 Å². The van der Waals surface area contributed by atoms with Crippen molar-refractivity contribution >= 4 is 28.6 Å². The number of rotatable bonds is 2. The van der Waals surface area contributed by atoms with E-state index < -0.39 is 0 Å². The zero-order valence-corrected chi connectivity index (χ0v) is 10.4. The largest absolute Gasteiger partial charge is 0.390 e. The van der Waals surface area contributed by atoms with E-state index in [9.17, 15) is 5.11 Å². The molecule has 3 rings (SSSR count). The first-order chi connectivity index (χ1) is 8.29. The Morgan fingerprint density at radius 1 is 1.35 bits per heavy atom. The van der Waals surface area contributed by atoms with Crippen LogP contribution < -0.4 is 0 Å². The molecule has 3 nitrogen and oxygen atoms in total. The zero-order chi connectivity index (χ0) is 11.8. The van der Waals surface area contributed by atoms with Crippen LogP contribution in [0.1, 0.15) is 5.69 Å². The van der Waals surface area contributed by atoms with Crippen LogP contribution in [0.4, 0.5) is 0 Å². The predicted molar refractivity (Wildman–Crippen MR) is 69.4 cm³/mol. The number of aliphatic hydroxyl groups excluding tert-OH is 1. The summed E-state index contributed by atoms with van der Waals surface area (Å²) >= 11 is 7.56. The number of hydrogen-bond donors (Lipinski definition) is 1. The first-order valence-corrected chi connectivity index (χ1v) is 6.36. The number of aliphatic hydroxyl groups is 1. The number of aromatic nitrogens is 2. The molecule has 17 heavy (non-hydrogen) atoms. The van der Waals surface area contributed by atoms with Gasteiger partial charge in [0.25, 0.3) is 0 Å². The molecule has 0 aromatic carbocycles. The van der Waals surface area contributed by atoms with Gasteiger partial charge in [-0.1, -0.05) is 17.7 Å². The molecule has 1 N–H and O–H groups in total. The standard InChI is InChI=1S/C12H9ClN2OS/c13-8-3-4-11-14-12(10-2-1-5-17-10)9(7-16)15(11)6-8/h1-6,16H,7H2. The third-order valence-corrected chi connectivity index (χ3v) is 3.69. The summed E-state index contributed by atoms with van der Waals surface area (Å²) in [6, 6.07) is 7.60. The van der Waals surface area contributed by atoms with Crippen molar-refractivity contribution < 1.29 is 5.11 Å². The smallest absolute Gasteiger partial charge is 0.137 e. The first kappa shape index (κ1) is 10.8. The SMILES string of the molecule is OCc1c(-c2cccs2)nc2ccc(Cl)cn12. The van der Waals surface area contributed by atoms with E-state index in [4.69, 9.17) is 11.6 Å². The Morgan fingerprint density at radius 2 is 2.24 bits per heavy atom. The molecule has 0 radical (unpaired) electrons. The number of hydrogen-bond acceptors (Lipinski definition) is 3. The Balaban J connectivity index is 2.32. The third-order valence-electron chi connectivity index (χ3n) is 2.59. The Hall–Kier alpha value is -1.36. The van der Waals surface area contributed by atoms with Crippen LogP contribution in [0.5, 0.6) is 0 Å². The van der Waals surface area contributed by atoms with Crippen LogP contribution in [0, 0.1) is 0 Å². The van der Waals surface area contributed by atoms with E-state index in [2.05, 4.69) is 4.98 Å². The lowest BCUT2D eigenvalue weighted by Gasteiger charge is -2.00. The minimum Gasteiger partial charge on any atom is -0.390 e. The fraction of sp³-hybridized carbons (Fsp3) is 0.0833. The van der Waals surface area contributed by atoms with Crippen LogP contribution in [-0.4, -0.2) is 14.5 Å². The lowest BCUT2D eigenvalue weighted by molar-refractivity contribution is 0.276. The minimum absolute atomic E-state index is 0.0608. The zero-order valence-electron chi connectivity index (χ0n) is 8.80. The van der Waals surface area contributed by atoms with Gasteiger partial charge in [-0.05, 0) is 23.6 Å². The van der Waals surface area contributed by atoms with Gasteiger partial charge in [0, 0.05) is 6.20 Å². The monoisotopic (exact) mass is 264 g/mol. The van der Waals surface area contributed by atoms with Gasteiger partial charge in [0.05, 0.1) is 22.2 Å². The van der Waals surface area contributed by atoms with Gasteiger partial charge in [-0.3, -0.25) is 4.40 Å². The van der Waals surface area contributed by atoms with Crippen molar-refractivity contribution in [2.24, 2.45) is 0 Å². The highest BCUT2D eigenvalue weighted by Crippen LogP contribution is 2.29. The number of pyridine rings is 1. The second-order valence-electron chi connectivity index (χ2n) is 3.62. The van der Waals surface area contributed by atoms with Gasteiger partial charge in [0.1, 0.15) is 11.3 Å². The van der Waals surface area contributed by atoms with Gasteiger partial charge in [-0.25, -0.2) is 4.98 Å². The van der Waals surface area contributed by atoms with Crippen LogP contribution in [-0.2, 0) is 6.61 Å². The van der Waals surface area contributed by atoms with Crippen LogP contribution in [0.2, 0.25) is 5.02 Å². The van der Waals surface area contributed by atoms with Crippen molar-refractivity contribution in [2.75, 3.05) is 0 Å². The topological polar surface area (TPSA) is 37.5 Å². The molecule has 0 atom stereocenters. The summed E-state index contributed by atoms with van der Waals surface area (Å²) in [5.41, 5.74) is 2.39. The highest BCUT2D eigenvalue weighted by atomic mass is 35.5. The summed E-state index contributed by atoms with van der Waals surface area (Å²) in [6.07, 6.45) is 1.77. The highest BCUT2D eigenvalue weighted by Gasteiger charge is 2.13. The minimum atomic E-state index is -0.0608. The number of nitrogens with zero attached hydrogens (tertiary/aromatic N) is 2. The van der Waals surface area contributed by atoms with Crippen LogP contribution in [0.25, 0.3) is 16.2 Å². The fourth-order valence-electron chi connectivity index (χ4n) is 1.83. The van der Waals surface area contributed by atoms with Crippen molar-refractivity contribution in [1.29, 1.82) is 0 Å². The highest BCUT2D eigenvalue weighted by molar-refractivity contribution is 7.13. The average Bonchev–Trinajstić information content (AvgIpc) is 2.94. The predicted octanol–water partition coefficient (Wildman–Crippen LogP) is 3.21. The van der Waals surface area contributed by atoms with Crippen LogP contribution >= 0.6 is 22.9 Å². The number of imidazole rings is 1.